The van der Waals surface area contributed by atoms with E-state index in [1.165, 1.54) is 0 Å². The number of carbonyl (C=O) groups is 2. The van der Waals surface area contributed by atoms with E-state index in [1.807, 2.05) is 30.3 Å². The molecule has 2 bridgehead atoms. The summed E-state index contributed by atoms with van der Waals surface area (Å²) in [5.41, 5.74) is 8.43. The molecular weight excluding hydrogens is 563 g/mol. The molecule has 5 rings (SSSR count). The molecule has 0 spiro atoms. The van der Waals surface area contributed by atoms with Gasteiger partial charge in [0.05, 0.1) is 17.6 Å². The zero-order chi connectivity index (χ0) is 32.2. The van der Waals surface area contributed by atoms with Crippen molar-refractivity contribution in [3.8, 4) is 0 Å². The summed E-state index contributed by atoms with van der Waals surface area (Å²) >= 11 is 0. The summed E-state index contributed by atoms with van der Waals surface area (Å²) in [6, 6.07) is 8.57. The van der Waals surface area contributed by atoms with Crippen molar-refractivity contribution in [2.75, 3.05) is 6.54 Å². The first-order valence-corrected chi connectivity index (χ1v) is 15.6. The van der Waals surface area contributed by atoms with Gasteiger partial charge in [0.1, 0.15) is 6.04 Å². The Kier molecular flexibility index (Phi) is 10.4. The van der Waals surface area contributed by atoms with E-state index in [0.717, 1.165) is 18.4 Å². The normalized spacial score (nSPS) is 27.2. The standard InChI is InChI=1S/C31H47BN6O6/c1-19(2)15-26(32-43-25-18-22-17-24(30(22,4)5)31(25,6)44-32)36-28(40)23(13-10-14-34-29(33)37-38(41)42)35-27(39)20(3)16-21-11-8-7-9-12-21/h7-9,11-12,16,19,22-26H,10,13-15,17-18H2,1-6H3,(H,35,39)(H,36,40)(H3,33,34,37)/b20-16+/t22-,23+,24-,25-,26+,31+/m1/s1. The summed E-state index contributed by atoms with van der Waals surface area (Å²) in [4.78, 5) is 41.6. The Balaban J connectivity index is 1.48. The molecule has 13 heteroatoms. The minimum Gasteiger partial charge on any atom is -0.404 e. The van der Waals surface area contributed by atoms with Crippen LogP contribution in [-0.4, -0.2) is 60.2 Å². The molecule has 3 aliphatic carbocycles. The molecule has 0 radical (unpaired) electrons. The van der Waals surface area contributed by atoms with E-state index in [0.29, 0.717) is 30.3 Å². The SMILES string of the molecule is C/C(=C\c1ccccc1)C(=O)N[C@@H](CCCN=C(N)N[N+](=O)[O-])C(=O)N[C@@H](CC(C)C)B1O[C@@H]2C[C@H]3C[C@H](C3(C)C)[C@]2(C)O1. The minimum absolute atomic E-state index is 0.0202. The number of nitrogens with one attached hydrogen (secondary N) is 3. The monoisotopic (exact) mass is 610 g/mol. The van der Waals surface area contributed by atoms with E-state index >= 15 is 0 Å². The van der Waals surface area contributed by atoms with Gasteiger partial charge in [-0.1, -0.05) is 63.5 Å². The first-order chi connectivity index (χ1) is 20.7. The van der Waals surface area contributed by atoms with Crippen molar-refractivity contribution in [2.24, 2.45) is 33.9 Å². The van der Waals surface area contributed by atoms with Crippen molar-refractivity contribution in [2.45, 2.75) is 97.3 Å². The van der Waals surface area contributed by atoms with Gasteiger partial charge in [0, 0.05) is 12.1 Å². The highest BCUT2D eigenvalue weighted by atomic mass is 16.7. The van der Waals surface area contributed by atoms with Gasteiger partial charge in [0.2, 0.25) is 11.8 Å². The molecule has 1 aromatic carbocycles. The van der Waals surface area contributed by atoms with Gasteiger partial charge in [0.25, 0.3) is 5.96 Å². The van der Waals surface area contributed by atoms with Gasteiger partial charge in [-0.05, 0) is 80.8 Å². The number of hydrazine groups is 1. The molecule has 1 aliphatic heterocycles. The Hall–Kier alpha value is -3.45. The van der Waals surface area contributed by atoms with Crippen LogP contribution in [0.4, 0.5) is 0 Å². The van der Waals surface area contributed by atoms with E-state index in [-0.39, 0.29) is 48.2 Å². The fourth-order valence-corrected chi connectivity index (χ4v) is 7.13. The third-order valence-corrected chi connectivity index (χ3v) is 9.65. The number of nitrogens with two attached hydrogens (primary N) is 1. The van der Waals surface area contributed by atoms with Crippen LogP contribution >= 0.6 is 0 Å². The third-order valence-electron chi connectivity index (χ3n) is 9.65. The molecular formula is C31H47BN6O6. The molecule has 4 fully saturated rings. The second-order valence-corrected chi connectivity index (χ2v) is 13.6. The van der Waals surface area contributed by atoms with E-state index in [9.17, 15) is 19.7 Å². The molecule has 240 valence electrons. The molecule has 4 aliphatic rings. The maximum absolute atomic E-state index is 13.8. The van der Waals surface area contributed by atoms with Crippen LogP contribution in [0.25, 0.3) is 6.08 Å². The number of aliphatic imine (C=N–C) groups is 1. The largest absolute Gasteiger partial charge is 0.481 e. The lowest BCUT2D eigenvalue weighted by molar-refractivity contribution is -0.525. The van der Waals surface area contributed by atoms with Crippen molar-refractivity contribution < 1.29 is 23.9 Å². The smallest absolute Gasteiger partial charge is 0.404 e. The van der Waals surface area contributed by atoms with Gasteiger partial charge in [-0.2, -0.15) is 0 Å². The van der Waals surface area contributed by atoms with E-state index in [1.54, 1.807) is 18.4 Å². The van der Waals surface area contributed by atoms with Crippen molar-refractivity contribution in [3.05, 3.63) is 51.6 Å². The highest BCUT2D eigenvalue weighted by molar-refractivity contribution is 6.48. The quantitative estimate of drug-likeness (QED) is 0.0502. The molecule has 1 heterocycles. The van der Waals surface area contributed by atoms with Crippen LogP contribution in [0.1, 0.15) is 79.2 Å². The van der Waals surface area contributed by atoms with Crippen molar-refractivity contribution in [1.29, 1.82) is 0 Å². The zero-order valence-electron chi connectivity index (χ0n) is 26.7. The average Bonchev–Trinajstić information content (AvgIpc) is 3.31. The van der Waals surface area contributed by atoms with Gasteiger partial charge >= 0.3 is 7.12 Å². The van der Waals surface area contributed by atoms with Gasteiger partial charge in [-0.15, -0.1) is 0 Å². The molecule has 1 saturated heterocycles. The topological polar surface area (TPSA) is 170 Å². The highest BCUT2D eigenvalue weighted by Crippen LogP contribution is 2.65. The highest BCUT2D eigenvalue weighted by Gasteiger charge is 2.68. The first-order valence-electron chi connectivity index (χ1n) is 15.6. The van der Waals surface area contributed by atoms with Crippen LogP contribution in [0, 0.1) is 33.3 Å². The molecule has 44 heavy (non-hydrogen) atoms. The van der Waals surface area contributed by atoms with E-state index < -0.39 is 29.7 Å². The zero-order valence-corrected chi connectivity index (χ0v) is 26.7. The summed E-state index contributed by atoms with van der Waals surface area (Å²) in [6.07, 6.45) is 5.04. The summed E-state index contributed by atoms with van der Waals surface area (Å²) in [5.74, 6) is -0.217. The fraction of sp³-hybridized carbons (Fsp3) is 0.645. The van der Waals surface area contributed by atoms with Gasteiger partial charge in [-0.25, -0.2) is 15.1 Å². The average molecular weight is 611 g/mol. The molecule has 3 saturated carbocycles. The molecule has 2 amide bonds. The minimum atomic E-state index is -0.887. The Morgan fingerprint density at radius 1 is 1.20 bits per heavy atom. The second kappa shape index (κ2) is 13.7. The number of carbonyl (C=O) groups excluding carboxylic acids is 2. The lowest BCUT2D eigenvalue weighted by atomic mass is 9.43. The van der Waals surface area contributed by atoms with Crippen molar-refractivity contribution >= 4 is 31.0 Å². The third kappa shape index (κ3) is 7.61. The number of rotatable bonds is 13. The number of amides is 2. The van der Waals surface area contributed by atoms with Crippen LogP contribution in [-0.2, 0) is 18.9 Å². The molecule has 0 aromatic heterocycles. The molecule has 0 unspecified atom stereocenters. The lowest BCUT2D eigenvalue weighted by Crippen LogP contribution is -2.65. The maximum Gasteiger partial charge on any atom is 0.481 e. The summed E-state index contributed by atoms with van der Waals surface area (Å²) < 4.78 is 13.2. The van der Waals surface area contributed by atoms with Crippen LogP contribution in [0.2, 0.25) is 0 Å². The number of benzene rings is 1. The molecule has 5 N–H and O–H groups in total. The number of hydrogen-bond acceptors (Lipinski definition) is 7. The first kappa shape index (κ1) is 33.4. The van der Waals surface area contributed by atoms with Crippen LogP contribution in [0.5, 0.6) is 0 Å². The molecule has 1 aromatic rings. The number of nitro groups is 1. The van der Waals surface area contributed by atoms with E-state index in [4.69, 9.17) is 15.0 Å². The van der Waals surface area contributed by atoms with Crippen LogP contribution < -0.4 is 21.8 Å². The number of hydrogen-bond donors (Lipinski definition) is 4. The molecule has 6 atom stereocenters. The lowest BCUT2D eigenvalue weighted by Gasteiger charge is -2.64. The van der Waals surface area contributed by atoms with Gasteiger partial charge in [0.15, 0.2) is 5.03 Å². The molecule has 12 nitrogen and oxygen atoms in total. The fourth-order valence-electron chi connectivity index (χ4n) is 7.13. The Morgan fingerprint density at radius 2 is 1.91 bits per heavy atom. The Morgan fingerprint density at radius 3 is 2.55 bits per heavy atom. The van der Waals surface area contributed by atoms with Crippen molar-refractivity contribution in [1.82, 2.24) is 16.1 Å². The van der Waals surface area contributed by atoms with Gasteiger partial charge < -0.3 is 25.7 Å². The number of nitrogens with zero attached hydrogens (tertiary/aromatic N) is 2. The summed E-state index contributed by atoms with van der Waals surface area (Å²) in [5, 5.41) is 15.8. The number of guanidine groups is 1. The van der Waals surface area contributed by atoms with Crippen LogP contribution in [0.3, 0.4) is 0 Å². The summed E-state index contributed by atoms with van der Waals surface area (Å²) in [6.45, 7) is 12.8. The van der Waals surface area contributed by atoms with Crippen LogP contribution in [0.15, 0.2) is 40.9 Å². The van der Waals surface area contributed by atoms with Gasteiger partial charge in [-0.3, -0.25) is 9.59 Å². The predicted octanol–water partition coefficient (Wildman–Crippen LogP) is 3.25. The second-order valence-electron chi connectivity index (χ2n) is 13.6. The summed E-state index contributed by atoms with van der Waals surface area (Å²) in [7, 11) is -0.597. The predicted molar refractivity (Wildman–Crippen MR) is 169 cm³/mol. The van der Waals surface area contributed by atoms with Crippen molar-refractivity contribution in [3.63, 3.8) is 0 Å². The Bertz CT molecular complexity index is 1270. The van der Waals surface area contributed by atoms with E-state index in [2.05, 4.69) is 50.2 Å². The maximum atomic E-state index is 13.8. The Labute approximate surface area is 260 Å².